The van der Waals surface area contributed by atoms with Crippen LogP contribution in [-0.4, -0.2) is 57.7 Å². The molecule has 0 spiro atoms. The van der Waals surface area contributed by atoms with Crippen molar-refractivity contribution in [3.63, 3.8) is 0 Å². The molecule has 0 aliphatic rings. The highest BCUT2D eigenvalue weighted by molar-refractivity contribution is 5.81. The normalized spacial score (nSPS) is 13.4. The molecule has 0 bridgehead atoms. The number of aliphatic hydroxyl groups excluding tert-OH is 1. The van der Waals surface area contributed by atoms with E-state index in [1.807, 2.05) is 38.1 Å². The number of hydrogen-bond acceptors (Lipinski definition) is 7. The van der Waals surface area contributed by atoms with Gasteiger partial charge >= 0.3 is 5.97 Å². The fourth-order valence-electron chi connectivity index (χ4n) is 3.93. The van der Waals surface area contributed by atoms with Crippen LogP contribution >= 0.6 is 0 Å². The van der Waals surface area contributed by atoms with Crippen molar-refractivity contribution in [2.24, 2.45) is 13.0 Å². The van der Waals surface area contributed by atoms with Crippen molar-refractivity contribution < 1.29 is 19.4 Å². The molecule has 2 N–H and O–H groups in total. The third kappa shape index (κ3) is 6.36. The van der Waals surface area contributed by atoms with E-state index in [-0.39, 0.29) is 11.5 Å². The second kappa shape index (κ2) is 11.6. The number of benzene rings is 1. The summed E-state index contributed by atoms with van der Waals surface area (Å²) in [4.78, 5) is 29.5. The van der Waals surface area contributed by atoms with E-state index in [1.54, 1.807) is 38.8 Å². The molecule has 2 heterocycles. The SMILES string of the molecule is COCCn1c(-c2cc(C)c(=O)n(C)c2)nc2cc(CNC(C(=O)OCC(C)C)C(C)O)ccc21. The molecule has 3 aromatic rings. The van der Waals surface area contributed by atoms with Gasteiger partial charge in [0.05, 0.1) is 30.4 Å². The lowest BCUT2D eigenvalue weighted by Crippen LogP contribution is -2.45. The lowest BCUT2D eigenvalue weighted by Gasteiger charge is -2.20. The Bertz CT molecular complexity index is 1200. The number of aromatic nitrogens is 3. The molecule has 2 unspecified atom stereocenters. The number of fused-ring (bicyclic) bond motifs is 1. The molecular weight excluding hydrogens is 448 g/mol. The van der Waals surface area contributed by atoms with Gasteiger partial charge in [-0.2, -0.15) is 0 Å². The van der Waals surface area contributed by atoms with Crippen molar-refractivity contribution in [3.8, 4) is 11.4 Å². The minimum atomic E-state index is -0.897. The van der Waals surface area contributed by atoms with Crippen molar-refractivity contribution in [3.05, 3.63) is 51.9 Å². The topological polar surface area (TPSA) is 108 Å². The molecule has 3 rings (SSSR count). The number of aliphatic hydroxyl groups is 1. The first-order valence-corrected chi connectivity index (χ1v) is 11.9. The maximum absolute atomic E-state index is 12.4. The van der Waals surface area contributed by atoms with Gasteiger partial charge in [0.25, 0.3) is 5.56 Å². The number of methoxy groups -OCH3 is 1. The second-order valence-corrected chi connectivity index (χ2v) is 9.35. The number of hydrogen-bond donors (Lipinski definition) is 2. The Morgan fingerprint density at radius 2 is 1.97 bits per heavy atom. The van der Waals surface area contributed by atoms with Crippen LogP contribution in [0.1, 0.15) is 31.9 Å². The predicted molar refractivity (Wildman–Crippen MR) is 135 cm³/mol. The van der Waals surface area contributed by atoms with E-state index in [2.05, 4.69) is 9.88 Å². The molecule has 0 aliphatic carbocycles. The number of carbonyl (C=O) groups excluding carboxylic acids is 1. The third-order valence-electron chi connectivity index (χ3n) is 5.77. The number of rotatable bonds is 11. The molecule has 2 aromatic heterocycles. The highest BCUT2D eigenvalue weighted by Crippen LogP contribution is 2.26. The smallest absolute Gasteiger partial charge is 0.325 e. The summed E-state index contributed by atoms with van der Waals surface area (Å²) < 4.78 is 14.3. The van der Waals surface area contributed by atoms with Crippen LogP contribution in [0.4, 0.5) is 0 Å². The van der Waals surface area contributed by atoms with Crippen molar-refractivity contribution >= 4 is 17.0 Å². The van der Waals surface area contributed by atoms with Crippen molar-refractivity contribution in [2.75, 3.05) is 20.3 Å². The van der Waals surface area contributed by atoms with Crippen LogP contribution in [0, 0.1) is 12.8 Å². The molecular formula is C26H36N4O5. The van der Waals surface area contributed by atoms with Crippen molar-refractivity contribution in [1.29, 1.82) is 0 Å². The average Bonchev–Trinajstić information content (AvgIpc) is 3.17. The average molecular weight is 485 g/mol. The molecule has 190 valence electrons. The standard InChI is InChI=1S/C26H36N4O5/c1-16(2)15-35-26(33)23(18(4)31)27-13-19-7-8-22-21(12-19)28-24(30(22)9-10-34-6)20-11-17(3)25(32)29(5)14-20/h7-8,11-12,14,16,18,23,27,31H,9-10,13,15H2,1-6H3. The van der Waals surface area contributed by atoms with E-state index in [1.165, 1.54) is 0 Å². The van der Waals surface area contributed by atoms with E-state index in [4.69, 9.17) is 14.5 Å². The molecule has 0 saturated heterocycles. The lowest BCUT2D eigenvalue weighted by molar-refractivity contribution is -0.150. The molecule has 1 aromatic carbocycles. The Kier molecular flexibility index (Phi) is 8.82. The summed E-state index contributed by atoms with van der Waals surface area (Å²) in [5.74, 6) is 0.500. The Balaban J connectivity index is 1.90. The van der Waals surface area contributed by atoms with E-state index in [0.717, 1.165) is 28.0 Å². The fourth-order valence-corrected chi connectivity index (χ4v) is 3.93. The Labute approximate surface area is 205 Å². The first-order valence-electron chi connectivity index (χ1n) is 11.9. The zero-order valence-electron chi connectivity index (χ0n) is 21.4. The predicted octanol–water partition coefficient (Wildman–Crippen LogP) is 2.40. The lowest BCUT2D eigenvalue weighted by atomic mass is 10.1. The number of aryl methyl sites for hydroxylation is 2. The number of esters is 1. The van der Waals surface area contributed by atoms with Crippen molar-refractivity contribution in [1.82, 2.24) is 19.4 Å². The van der Waals surface area contributed by atoms with Crippen LogP contribution in [-0.2, 0) is 34.4 Å². The van der Waals surface area contributed by atoms with Gasteiger partial charge in [-0.05, 0) is 43.5 Å². The Morgan fingerprint density at radius 3 is 2.60 bits per heavy atom. The van der Waals surface area contributed by atoms with Gasteiger partial charge in [-0.25, -0.2) is 4.98 Å². The summed E-state index contributed by atoms with van der Waals surface area (Å²) in [5, 5.41) is 13.2. The zero-order valence-corrected chi connectivity index (χ0v) is 21.4. The maximum Gasteiger partial charge on any atom is 0.325 e. The highest BCUT2D eigenvalue weighted by Gasteiger charge is 2.25. The number of nitrogens with one attached hydrogen (secondary N) is 1. The molecule has 0 aliphatic heterocycles. The van der Waals surface area contributed by atoms with Crippen LogP contribution in [0.15, 0.2) is 35.3 Å². The van der Waals surface area contributed by atoms with E-state index < -0.39 is 18.1 Å². The van der Waals surface area contributed by atoms with E-state index in [0.29, 0.717) is 31.9 Å². The summed E-state index contributed by atoms with van der Waals surface area (Å²) in [5.41, 5.74) is 4.10. The van der Waals surface area contributed by atoms with Gasteiger partial charge in [-0.3, -0.25) is 14.9 Å². The van der Waals surface area contributed by atoms with Crippen LogP contribution < -0.4 is 10.9 Å². The molecule has 0 saturated carbocycles. The molecule has 9 nitrogen and oxygen atoms in total. The monoisotopic (exact) mass is 484 g/mol. The number of carbonyl (C=O) groups is 1. The maximum atomic E-state index is 12.4. The first-order chi connectivity index (χ1) is 16.6. The van der Waals surface area contributed by atoms with Crippen LogP contribution in [0.25, 0.3) is 22.4 Å². The minimum Gasteiger partial charge on any atom is -0.464 e. The zero-order chi connectivity index (χ0) is 25.7. The Hall–Kier alpha value is -3.01. The summed E-state index contributed by atoms with van der Waals surface area (Å²) in [6.07, 6.45) is 0.893. The molecule has 0 amide bonds. The summed E-state index contributed by atoms with van der Waals surface area (Å²) in [6, 6.07) is 6.94. The van der Waals surface area contributed by atoms with Gasteiger partial charge in [0, 0.05) is 44.6 Å². The number of nitrogens with zero attached hydrogens (tertiary/aromatic N) is 3. The van der Waals surface area contributed by atoms with Crippen LogP contribution in [0.3, 0.4) is 0 Å². The van der Waals surface area contributed by atoms with Gasteiger partial charge in [-0.1, -0.05) is 19.9 Å². The summed E-state index contributed by atoms with van der Waals surface area (Å²) in [7, 11) is 3.39. The Morgan fingerprint density at radius 1 is 1.23 bits per heavy atom. The van der Waals surface area contributed by atoms with Crippen LogP contribution in [0.2, 0.25) is 0 Å². The fraction of sp³-hybridized carbons (Fsp3) is 0.500. The minimum absolute atomic E-state index is 0.0405. The molecule has 0 fully saturated rings. The van der Waals surface area contributed by atoms with Gasteiger partial charge in [0.1, 0.15) is 11.9 Å². The second-order valence-electron chi connectivity index (χ2n) is 9.35. The van der Waals surface area contributed by atoms with Crippen molar-refractivity contribution in [2.45, 2.75) is 52.9 Å². The molecule has 35 heavy (non-hydrogen) atoms. The number of pyridine rings is 1. The van der Waals surface area contributed by atoms with E-state index >= 15 is 0 Å². The highest BCUT2D eigenvalue weighted by atomic mass is 16.5. The summed E-state index contributed by atoms with van der Waals surface area (Å²) >= 11 is 0. The number of ether oxygens (including phenoxy) is 2. The molecule has 9 heteroatoms. The number of imidazole rings is 1. The largest absolute Gasteiger partial charge is 0.464 e. The van der Waals surface area contributed by atoms with Gasteiger partial charge < -0.3 is 23.7 Å². The van der Waals surface area contributed by atoms with Gasteiger partial charge in [0.2, 0.25) is 0 Å². The van der Waals surface area contributed by atoms with Crippen LogP contribution in [0.5, 0.6) is 0 Å². The first kappa shape index (κ1) is 26.6. The molecule has 0 radical (unpaired) electrons. The quantitative estimate of drug-likeness (QED) is 0.403. The van der Waals surface area contributed by atoms with E-state index in [9.17, 15) is 14.7 Å². The summed E-state index contributed by atoms with van der Waals surface area (Å²) in [6.45, 7) is 9.07. The van der Waals surface area contributed by atoms with Gasteiger partial charge in [-0.15, -0.1) is 0 Å². The van der Waals surface area contributed by atoms with Gasteiger partial charge in [0.15, 0.2) is 0 Å². The third-order valence-corrected chi connectivity index (χ3v) is 5.77. The molecule has 2 atom stereocenters.